The molecule has 1 aliphatic carbocycles. The van der Waals surface area contributed by atoms with E-state index in [0.29, 0.717) is 16.5 Å². The standard InChI is InChI=1S/C20H20BrN3O2S2/c1-11-2-8-14-15(10-11)28-19(17(14)18(22)26)24-20(27)23-16(25)9-5-12-3-6-13(21)7-4-12/h3-7,9,11H,2,8,10H2,1H3,(H2,22,26)(H2,23,24,25,27)/b9-5+/t11-/m1/s1. The number of amides is 2. The van der Waals surface area contributed by atoms with E-state index in [4.69, 9.17) is 18.0 Å². The number of rotatable bonds is 4. The minimum atomic E-state index is -0.473. The lowest BCUT2D eigenvalue weighted by Gasteiger charge is -2.18. The molecule has 1 atom stereocenters. The molecule has 0 aliphatic heterocycles. The maximum Gasteiger partial charge on any atom is 0.251 e. The number of nitrogens with two attached hydrogens (primary N) is 1. The van der Waals surface area contributed by atoms with Crippen molar-refractivity contribution in [2.45, 2.75) is 26.2 Å². The van der Waals surface area contributed by atoms with Crippen molar-refractivity contribution in [3.8, 4) is 0 Å². The zero-order valence-corrected chi connectivity index (χ0v) is 18.5. The van der Waals surface area contributed by atoms with Gasteiger partial charge in [0.25, 0.3) is 5.91 Å². The average Bonchev–Trinajstić information content (AvgIpc) is 2.97. The second kappa shape index (κ2) is 8.98. The second-order valence-electron chi connectivity index (χ2n) is 6.75. The number of benzene rings is 1. The summed E-state index contributed by atoms with van der Waals surface area (Å²) in [6.45, 7) is 2.20. The van der Waals surface area contributed by atoms with Crippen LogP contribution in [0.3, 0.4) is 0 Å². The fraction of sp³-hybridized carbons (Fsp3) is 0.250. The van der Waals surface area contributed by atoms with Crippen LogP contribution in [0.1, 0.15) is 39.7 Å². The van der Waals surface area contributed by atoms with E-state index in [9.17, 15) is 9.59 Å². The first kappa shape index (κ1) is 20.7. The number of nitrogens with one attached hydrogen (secondary N) is 2. The summed E-state index contributed by atoms with van der Waals surface area (Å²) in [7, 11) is 0. The predicted octanol–water partition coefficient (Wildman–Crippen LogP) is 4.26. The van der Waals surface area contributed by atoms with E-state index in [1.807, 2.05) is 24.3 Å². The van der Waals surface area contributed by atoms with Gasteiger partial charge in [0.05, 0.1) is 5.56 Å². The molecule has 8 heteroatoms. The summed E-state index contributed by atoms with van der Waals surface area (Å²) >= 11 is 10.1. The van der Waals surface area contributed by atoms with Crippen molar-refractivity contribution in [3.63, 3.8) is 0 Å². The third-order valence-corrected chi connectivity index (χ3v) is 6.42. The Morgan fingerprint density at radius 3 is 2.71 bits per heavy atom. The van der Waals surface area contributed by atoms with Gasteiger partial charge in [0.1, 0.15) is 5.00 Å². The third-order valence-electron chi connectivity index (χ3n) is 4.52. The van der Waals surface area contributed by atoms with E-state index in [0.717, 1.165) is 34.9 Å². The van der Waals surface area contributed by atoms with Crippen LogP contribution in [0.25, 0.3) is 6.08 Å². The van der Waals surface area contributed by atoms with Gasteiger partial charge < -0.3 is 11.1 Å². The van der Waals surface area contributed by atoms with Gasteiger partial charge in [-0.05, 0) is 66.7 Å². The quantitative estimate of drug-likeness (QED) is 0.453. The summed E-state index contributed by atoms with van der Waals surface area (Å²) in [5.41, 5.74) is 8.01. The first-order valence-electron chi connectivity index (χ1n) is 8.83. The number of fused-ring (bicyclic) bond motifs is 1. The van der Waals surface area contributed by atoms with Crippen molar-refractivity contribution < 1.29 is 9.59 Å². The van der Waals surface area contributed by atoms with Crippen molar-refractivity contribution >= 4 is 67.5 Å². The number of carbonyl (C=O) groups excluding carboxylic acids is 2. The summed E-state index contributed by atoms with van der Waals surface area (Å²) in [5.74, 6) is -0.245. The molecule has 5 nitrogen and oxygen atoms in total. The summed E-state index contributed by atoms with van der Waals surface area (Å²) in [6.07, 6.45) is 5.91. The molecule has 1 heterocycles. The molecule has 4 N–H and O–H groups in total. The van der Waals surface area contributed by atoms with Crippen molar-refractivity contribution in [1.29, 1.82) is 0 Å². The molecule has 2 aromatic rings. The Hall–Kier alpha value is -2.03. The number of hydrogen-bond acceptors (Lipinski definition) is 4. The fourth-order valence-electron chi connectivity index (χ4n) is 3.13. The Morgan fingerprint density at radius 2 is 2.04 bits per heavy atom. The van der Waals surface area contributed by atoms with Gasteiger partial charge in [-0.1, -0.05) is 35.0 Å². The van der Waals surface area contributed by atoms with E-state index in [1.165, 1.54) is 22.3 Å². The van der Waals surface area contributed by atoms with Gasteiger partial charge in [0.2, 0.25) is 5.91 Å². The van der Waals surface area contributed by atoms with Crippen molar-refractivity contribution in [1.82, 2.24) is 5.32 Å². The number of hydrogen-bond donors (Lipinski definition) is 3. The number of carbonyl (C=O) groups is 2. The van der Waals surface area contributed by atoms with Crippen LogP contribution in [0, 0.1) is 5.92 Å². The zero-order chi connectivity index (χ0) is 20.3. The molecule has 0 bridgehead atoms. The Labute approximate surface area is 181 Å². The zero-order valence-electron chi connectivity index (χ0n) is 15.3. The van der Waals surface area contributed by atoms with E-state index < -0.39 is 5.91 Å². The van der Waals surface area contributed by atoms with Crippen LogP contribution in [0.4, 0.5) is 5.00 Å². The molecule has 1 aromatic heterocycles. The maximum absolute atomic E-state index is 12.1. The minimum absolute atomic E-state index is 0.139. The maximum atomic E-state index is 12.1. The highest BCUT2D eigenvalue weighted by molar-refractivity contribution is 9.10. The second-order valence-corrected chi connectivity index (χ2v) is 9.18. The first-order valence-corrected chi connectivity index (χ1v) is 10.8. The Morgan fingerprint density at radius 1 is 1.32 bits per heavy atom. The number of thiophene rings is 1. The third kappa shape index (κ3) is 5.06. The van der Waals surface area contributed by atoms with Crippen LogP contribution < -0.4 is 16.4 Å². The van der Waals surface area contributed by atoms with Crippen LogP contribution in [0.5, 0.6) is 0 Å². The van der Waals surface area contributed by atoms with Gasteiger partial charge in [0.15, 0.2) is 5.11 Å². The monoisotopic (exact) mass is 477 g/mol. The van der Waals surface area contributed by atoms with Gasteiger partial charge in [-0.25, -0.2) is 0 Å². The molecule has 0 unspecified atom stereocenters. The SMILES string of the molecule is C[C@@H]1CCc2c(sc(NC(=S)NC(=O)/C=C/c3ccc(Br)cc3)c2C(N)=O)C1. The summed E-state index contributed by atoms with van der Waals surface area (Å²) in [5, 5.41) is 6.33. The van der Waals surface area contributed by atoms with Gasteiger partial charge in [-0.3, -0.25) is 14.9 Å². The average molecular weight is 478 g/mol. The van der Waals surface area contributed by atoms with Gasteiger partial charge in [-0.15, -0.1) is 11.3 Å². The van der Waals surface area contributed by atoms with Crippen molar-refractivity contribution in [2.75, 3.05) is 5.32 Å². The summed E-state index contributed by atoms with van der Waals surface area (Å²) in [4.78, 5) is 25.3. The van der Waals surface area contributed by atoms with E-state index in [1.54, 1.807) is 6.08 Å². The van der Waals surface area contributed by atoms with Crippen molar-refractivity contribution in [2.24, 2.45) is 11.7 Å². The molecule has 0 saturated heterocycles. The molecular weight excluding hydrogens is 458 g/mol. The van der Waals surface area contributed by atoms with Gasteiger partial charge in [0, 0.05) is 15.4 Å². The molecule has 1 aromatic carbocycles. The highest BCUT2D eigenvalue weighted by atomic mass is 79.9. The predicted molar refractivity (Wildman–Crippen MR) is 122 cm³/mol. The van der Waals surface area contributed by atoms with Crippen molar-refractivity contribution in [3.05, 3.63) is 56.4 Å². The fourth-order valence-corrected chi connectivity index (χ4v) is 5.09. The number of primary amides is 1. The lowest BCUT2D eigenvalue weighted by Crippen LogP contribution is -2.33. The van der Waals surface area contributed by atoms with E-state index in [2.05, 4.69) is 33.5 Å². The van der Waals surface area contributed by atoms with E-state index >= 15 is 0 Å². The van der Waals surface area contributed by atoms with Crippen LogP contribution >= 0.6 is 39.5 Å². The number of halogens is 1. The Balaban J connectivity index is 1.67. The first-order chi connectivity index (χ1) is 13.3. The Bertz CT molecular complexity index is 951. The normalized spacial score (nSPS) is 15.9. The highest BCUT2D eigenvalue weighted by Gasteiger charge is 2.26. The molecule has 1 aliphatic rings. The van der Waals surface area contributed by atoms with Crippen LogP contribution in [0.15, 0.2) is 34.8 Å². The molecule has 3 rings (SSSR count). The summed E-state index contributed by atoms with van der Waals surface area (Å²) in [6, 6.07) is 7.57. The van der Waals surface area contributed by atoms with E-state index in [-0.39, 0.29) is 11.0 Å². The summed E-state index contributed by atoms with van der Waals surface area (Å²) < 4.78 is 0.970. The van der Waals surface area contributed by atoms with Crippen LogP contribution in [-0.4, -0.2) is 16.9 Å². The molecule has 0 fully saturated rings. The molecule has 146 valence electrons. The van der Waals surface area contributed by atoms with Gasteiger partial charge >= 0.3 is 0 Å². The van der Waals surface area contributed by atoms with Crippen LogP contribution in [0.2, 0.25) is 0 Å². The number of thiocarbonyl (C=S) groups is 1. The van der Waals surface area contributed by atoms with Gasteiger partial charge in [-0.2, -0.15) is 0 Å². The molecule has 0 spiro atoms. The highest BCUT2D eigenvalue weighted by Crippen LogP contribution is 2.39. The molecular formula is C20H20BrN3O2S2. The molecule has 2 amide bonds. The Kier molecular flexibility index (Phi) is 6.64. The topological polar surface area (TPSA) is 84.2 Å². The van der Waals surface area contributed by atoms with Crippen LogP contribution in [-0.2, 0) is 17.6 Å². The number of anilines is 1. The minimum Gasteiger partial charge on any atom is -0.365 e. The molecule has 0 radical (unpaired) electrons. The molecule has 28 heavy (non-hydrogen) atoms. The molecule has 0 saturated carbocycles. The smallest absolute Gasteiger partial charge is 0.251 e. The largest absolute Gasteiger partial charge is 0.365 e. The lowest BCUT2D eigenvalue weighted by molar-refractivity contribution is -0.115. The lowest BCUT2D eigenvalue weighted by atomic mass is 9.88.